The van der Waals surface area contributed by atoms with Crippen LogP contribution in [0.5, 0.6) is 0 Å². The van der Waals surface area contributed by atoms with Crippen LogP contribution in [0.4, 0.5) is 37.8 Å². The maximum Gasteiger partial charge on any atom is 0.490 e. The number of hydrogen-bond donors (Lipinski definition) is 3. The summed E-state index contributed by atoms with van der Waals surface area (Å²) in [5.74, 6) is -2.74. The van der Waals surface area contributed by atoms with Crippen LogP contribution in [0.3, 0.4) is 0 Å². The quantitative estimate of drug-likeness (QED) is 0.617. The summed E-state index contributed by atoms with van der Waals surface area (Å²) >= 11 is 0. The van der Waals surface area contributed by atoms with Crippen molar-refractivity contribution in [2.75, 3.05) is 63.6 Å². The van der Waals surface area contributed by atoms with Gasteiger partial charge in [-0.25, -0.2) is 9.78 Å². The van der Waals surface area contributed by atoms with Gasteiger partial charge in [-0.1, -0.05) is 0 Å². The predicted octanol–water partition coefficient (Wildman–Crippen LogP) is 2.12. The topological polar surface area (TPSA) is 80.7 Å². The number of halogens is 6. The second-order valence-corrected chi connectivity index (χ2v) is 6.36. The molecule has 0 aromatic carbocycles. The monoisotopic (exact) mass is 431 g/mol. The molecule has 1 fully saturated rings. The Hall–Kier alpha value is -2.28. The molecule has 7 nitrogen and oxygen atoms in total. The van der Waals surface area contributed by atoms with Crippen LogP contribution >= 0.6 is 0 Å². The second-order valence-electron chi connectivity index (χ2n) is 6.36. The molecule has 1 aromatic rings. The number of rotatable bonds is 5. The van der Waals surface area contributed by atoms with Crippen LogP contribution in [-0.4, -0.2) is 80.5 Å². The molecule has 13 heteroatoms. The second kappa shape index (κ2) is 10.5. The van der Waals surface area contributed by atoms with Gasteiger partial charge in [0.2, 0.25) is 0 Å². The Balaban J connectivity index is 0.000000516. The number of hydrogen-bond acceptors (Lipinski definition) is 6. The summed E-state index contributed by atoms with van der Waals surface area (Å²) in [4.78, 5) is 16.6. The molecular weight excluding hydrogens is 408 g/mol. The SMILES string of the molecule is CN(C)CCNc1cnc(N2CCNCC2)c(C(F)(F)F)c1.O=C(O)C(F)(F)F. The Kier molecular flexibility index (Phi) is 8.95. The number of likely N-dealkylation sites (N-methyl/N-ethyl adjacent to an activating group) is 1. The van der Waals surface area contributed by atoms with Crippen LogP contribution < -0.4 is 15.5 Å². The third-order valence-corrected chi connectivity index (χ3v) is 3.72. The van der Waals surface area contributed by atoms with Crippen molar-refractivity contribution in [2.45, 2.75) is 12.4 Å². The van der Waals surface area contributed by atoms with Crippen molar-refractivity contribution >= 4 is 17.5 Å². The van der Waals surface area contributed by atoms with Crippen molar-refractivity contribution in [3.05, 3.63) is 17.8 Å². The Morgan fingerprint density at radius 2 is 1.79 bits per heavy atom. The Labute approximate surface area is 163 Å². The molecule has 1 aromatic heterocycles. The molecule has 1 saturated heterocycles. The number of carboxylic acid groups (broad SMARTS) is 1. The molecule has 166 valence electrons. The van der Waals surface area contributed by atoms with E-state index in [9.17, 15) is 26.3 Å². The van der Waals surface area contributed by atoms with Gasteiger partial charge in [-0.15, -0.1) is 0 Å². The summed E-state index contributed by atoms with van der Waals surface area (Å²) in [5.41, 5.74) is -0.280. The number of piperazine rings is 1. The Morgan fingerprint density at radius 1 is 1.24 bits per heavy atom. The van der Waals surface area contributed by atoms with E-state index in [2.05, 4.69) is 15.6 Å². The summed E-state index contributed by atoms with van der Waals surface area (Å²) < 4.78 is 71.7. The van der Waals surface area contributed by atoms with E-state index in [4.69, 9.17) is 9.90 Å². The first-order chi connectivity index (χ1) is 13.3. The van der Waals surface area contributed by atoms with Crippen LogP contribution in [0.1, 0.15) is 5.56 Å². The van der Waals surface area contributed by atoms with Gasteiger partial charge in [-0.3, -0.25) is 0 Å². The van der Waals surface area contributed by atoms with Crippen LogP contribution in [0.15, 0.2) is 12.3 Å². The highest BCUT2D eigenvalue weighted by atomic mass is 19.4. The minimum absolute atomic E-state index is 0.0205. The van der Waals surface area contributed by atoms with Crippen molar-refractivity contribution in [1.82, 2.24) is 15.2 Å². The number of aromatic nitrogens is 1. The molecular formula is C16H23F6N5O2. The first-order valence-corrected chi connectivity index (χ1v) is 8.54. The number of alkyl halides is 6. The van der Waals surface area contributed by atoms with E-state index in [1.54, 1.807) is 4.90 Å². The van der Waals surface area contributed by atoms with Gasteiger partial charge in [0.15, 0.2) is 0 Å². The van der Waals surface area contributed by atoms with Gasteiger partial charge in [0, 0.05) is 39.3 Å². The number of aliphatic carboxylic acids is 1. The maximum atomic E-state index is 13.3. The predicted molar refractivity (Wildman–Crippen MR) is 95.1 cm³/mol. The largest absolute Gasteiger partial charge is 0.490 e. The number of nitrogens with one attached hydrogen (secondary N) is 2. The lowest BCUT2D eigenvalue weighted by atomic mass is 10.2. The molecule has 0 atom stereocenters. The highest BCUT2D eigenvalue weighted by Gasteiger charge is 2.38. The summed E-state index contributed by atoms with van der Waals surface area (Å²) in [7, 11) is 3.82. The van der Waals surface area contributed by atoms with Crippen molar-refractivity contribution in [1.29, 1.82) is 0 Å². The maximum absolute atomic E-state index is 13.3. The van der Waals surface area contributed by atoms with E-state index in [0.29, 0.717) is 38.4 Å². The molecule has 1 aliphatic heterocycles. The number of carbonyl (C=O) groups is 1. The average Bonchev–Trinajstić information content (AvgIpc) is 2.61. The fourth-order valence-corrected chi connectivity index (χ4v) is 2.32. The van der Waals surface area contributed by atoms with E-state index in [1.165, 1.54) is 6.20 Å². The summed E-state index contributed by atoms with van der Waals surface area (Å²) in [6, 6.07) is 1.15. The van der Waals surface area contributed by atoms with Gasteiger partial charge in [0.1, 0.15) is 11.4 Å². The molecule has 0 amide bonds. The normalized spacial score (nSPS) is 15.0. The zero-order valence-corrected chi connectivity index (χ0v) is 15.9. The highest BCUT2D eigenvalue weighted by Crippen LogP contribution is 2.36. The van der Waals surface area contributed by atoms with Crippen LogP contribution in [-0.2, 0) is 11.0 Å². The molecule has 2 rings (SSSR count). The van der Waals surface area contributed by atoms with Gasteiger partial charge >= 0.3 is 18.3 Å². The zero-order valence-electron chi connectivity index (χ0n) is 15.9. The Morgan fingerprint density at radius 3 is 2.24 bits per heavy atom. The fraction of sp³-hybridized carbons (Fsp3) is 0.625. The van der Waals surface area contributed by atoms with E-state index >= 15 is 0 Å². The van der Waals surface area contributed by atoms with E-state index in [0.717, 1.165) is 12.6 Å². The van der Waals surface area contributed by atoms with E-state index in [-0.39, 0.29) is 5.82 Å². The number of nitrogens with zero attached hydrogens (tertiary/aromatic N) is 3. The van der Waals surface area contributed by atoms with E-state index < -0.39 is 23.9 Å². The number of pyridine rings is 1. The fourth-order valence-electron chi connectivity index (χ4n) is 2.32. The van der Waals surface area contributed by atoms with Gasteiger partial charge in [-0.2, -0.15) is 26.3 Å². The third-order valence-electron chi connectivity index (χ3n) is 3.72. The van der Waals surface area contributed by atoms with Gasteiger partial charge < -0.3 is 25.5 Å². The molecule has 0 bridgehead atoms. The molecule has 1 aliphatic rings. The molecule has 0 unspecified atom stereocenters. The highest BCUT2D eigenvalue weighted by molar-refractivity contribution is 5.73. The summed E-state index contributed by atoms with van der Waals surface area (Å²) in [6.07, 6.45) is -8.02. The lowest BCUT2D eigenvalue weighted by molar-refractivity contribution is -0.192. The molecule has 29 heavy (non-hydrogen) atoms. The molecule has 0 saturated carbocycles. The minimum atomic E-state index is -5.08. The van der Waals surface area contributed by atoms with Gasteiger partial charge in [0.25, 0.3) is 0 Å². The van der Waals surface area contributed by atoms with Crippen molar-refractivity contribution < 1.29 is 36.2 Å². The third kappa shape index (κ3) is 8.73. The van der Waals surface area contributed by atoms with Crippen LogP contribution in [0.2, 0.25) is 0 Å². The molecule has 0 spiro atoms. The standard InChI is InChI=1S/C14H22F3N5.C2HF3O2/c1-21(2)6-5-19-11-9-12(14(15,16)17)13(20-10-11)22-7-3-18-4-8-22;3-2(4,5)1(6)7/h9-10,18-19H,3-8H2,1-2H3;(H,6,7). The molecule has 2 heterocycles. The smallest absolute Gasteiger partial charge is 0.475 e. The van der Waals surface area contributed by atoms with Crippen LogP contribution in [0, 0.1) is 0 Å². The zero-order chi connectivity index (χ0) is 22.2. The van der Waals surface area contributed by atoms with Crippen LogP contribution in [0.25, 0.3) is 0 Å². The van der Waals surface area contributed by atoms with Gasteiger partial charge in [0.05, 0.1) is 11.9 Å². The minimum Gasteiger partial charge on any atom is -0.475 e. The molecule has 0 aliphatic carbocycles. The first kappa shape index (κ1) is 24.8. The summed E-state index contributed by atoms with van der Waals surface area (Å²) in [5, 5.41) is 13.2. The van der Waals surface area contributed by atoms with Crippen molar-refractivity contribution in [2.24, 2.45) is 0 Å². The molecule has 0 radical (unpaired) electrons. The average molecular weight is 431 g/mol. The Bertz CT molecular complexity index is 660. The lowest BCUT2D eigenvalue weighted by Crippen LogP contribution is -2.44. The number of anilines is 2. The van der Waals surface area contributed by atoms with Crippen molar-refractivity contribution in [3.63, 3.8) is 0 Å². The lowest BCUT2D eigenvalue weighted by Gasteiger charge is -2.30. The first-order valence-electron chi connectivity index (χ1n) is 8.54. The van der Waals surface area contributed by atoms with Crippen molar-refractivity contribution in [3.8, 4) is 0 Å². The number of carboxylic acids is 1. The van der Waals surface area contributed by atoms with Gasteiger partial charge in [-0.05, 0) is 20.2 Å². The molecule has 3 N–H and O–H groups in total. The van der Waals surface area contributed by atoms with E-state index in [1.807, 2.05) is 19.0 Å². The summed E-state index contributed by atoms with van der Waals surface area (Å²) in [6.45, 7) is 3.70.